The largest absolute Gasteiger partial charge is 0.496 e. The van der Waals surface area contributed by atoms with Gasteiger partial charge in [-0.25, -0.2) is 0 Å². The molecule has 23 heavy (non-hydrogen) atoms. The molecular weight excluding hydrogens is 340 g/mol. The van der Waals surface area contributed by atoms with Crippen molar-refractivity contribution in [3.63, 3.8) is 0 Å². The first-order valence-electron chi connectivity index (χ1n) is 6.82. The second-order valence-corrected chi connectivity index (χ2v) is 6.47. The van der Waals surface area contributed by atoms with Crippen LogP contribution in [0.15, 0.2) is 30.3 Å². The maximum atomic E-state index is 12.7. The van der Waals surface area contributed by atoms with Gasteiger partial charge in [0, 0.05) is 23.6 Å². The van der Waals surface area contributed by atoms with Gasteiger partial charge in [-0.3, -0.25) is 14.9 Å². The lowest BCUT2D eigenvalue weighted by Gasteiger charge is -2.21. The molecule has 0 fully saturated rings. The summed E-state index contributed by atoms with van der Waals surface area (Å²) in [5.41, 5.74) is 0.0237. The number of nitrogens with zero attached hydrogens (tertiary/aromatic N) is 2. The van der Waals surface area contributed by atoms with E-state index in [-0.39, 0.29) is 17.2 Å². The second kappa shape index (κ2) is 7.43. The number of carbonyl (C=O) groups excluding carboxylic acids is 1. The van der Waals surface area contributed by atoms with Crippen LogP contribution in [-0.4, -0.2) is 29.4 Å². The van der Waals surface area contributed by atoms with E-state index in [2.05, 4.69) is 0 Å². The van der Waals surface area contributed by atoms with Gasteiger partial charge < -0.3 is 9.64 Å². The Balaban J connectivity index is 2.32. The maximum absolute atomic E-state index is 12.7. The van der Waals surface area contributed by atoms with E-state index in [0.29, 0.717) is 23.2 Å². The van der Waals surface area contributed by atoms with Gasteiger partial charge in [-0.15, -0.1) is 11.3 Å². The zero-order chi connectivity index (χ0) is 17.0. The Morgan fingerprint density at radius 3 is 2.65 bits per heavy atom. The monoisotopic (exact) mass is 354 g/mol. The molecule has 0 saturated carbocycles. The van der Waals surface area contributed by atoms with Gasteiger partial charge in [0.2, 0.25) is 0 Å². The van der Waals surface area contributed by atoms with Gasteiger partial charge in [0.05, 0.1) is 28.5 Å². The summed E-state index contributed by atoms with van der Waals surface area (Å²) >= 11 is 7.30. The quantitative estimate of drug-likeness (QED) is 0.581. The van der Waals surface area contributed by atoms with Crippen molar-refractivity contribution in [2.24, 2.45) is 0 Å². The average molecular weight is 355 g/mol. The zero-order valence-electron chi connectivity index (χ0n) is 12.6. The van der Waals surface area contributed by atoms with E-state index in [1.807, 2.05) is 13.0 Å². The Labute approximate surface area is 142 Å². The number of rotatable bonds is 6. The molecule has 0 atom stereocenters. The van der Waals surface area contributed by atoms with Gasteiger partial charge in [-0.2, -0.15) is 0 Å². The Hall–Kier alpha value is -2.12. The predicted octanol–water partition coefficient (Wildman–Crippen LogP) is 3.98. The van der Waals surface area contributed by atoms with Gasteiger partial charge in [-0.05, 0) is 25.1 Å². The van der Waals surface area contributed by atoms with Crippen molar-refractivity contribution in [3.8, 4) is 5.75 Å². The highest BCUT2D eigenvalue weighted by atomic mass is 35.5. The highest BCUT2D eigenvalue weighted by Gasteiger charge is 2.22. The third-order valence-electron chi connectivity index (χ3n) is 3.27. The highest BCUT2D eigenvalue weighted by Crippen LogP contribution is 2.27. The predicted molar refractivity (Wildman–Crippen MR) is 89.4 cm³/mol. The van der Waals surface area contributed by atoms with E-state index >= 15 is 0 Å². The van der Waals surface area contributed by atoms with Gasteiger partial charge in [0.1, 0.15) is 5.75 Å². The highest BCUT2D eigenvalue weighted by molar-refractivity contribution is 7.16. The molecule has 0 aliphatic rings. The summed E-state index contributed by atoms with van der Waals surface area (Å²) in [6, 6.07) is 7.61. The molecule has 0 bridgehead atoms. The molecule has 0 unspecified atom stereocenters. The maximum Gasteiger partial charge on any atom is 0.270 e. The van der Waals surface area contributed by atoms with Crippen LogP contribution in [0.25, 0.3) is 0 Å². The van der Waals surface area contributed by atoms with Crippen molar-refractivity contribution < 1.29 is 14.5 Å². The normalized spacial score (nSPS) is 10.4. The van der Waals surface area contributed by atoms with Crippen molar-refractivity contribution in [2.45, 2.75) is 13.5 Å². The van der Waals surface area contributed by atoms with E-state index in [0.717, 1.165) is 4.88 Å². The van der Waals surface area contributed by atoms with E-state index in [1.54, 1.807) is 11.0 Å². The number of benzene rings is 1. The van der Waals surface area contributed by atoms with E-state index in [4.69, 9.17) is 16.3 Å². The number of ether oxygens (including phenoxy) is 1. The van der Waals surface area contributed by atoms with Crippen molar-refractivity contribution in [3.05, 3.63) is 55.2 Å². The molecule has 8 heteroatoms. The molecule has 6 nitrogen and oxygen atoms in total. The number of thiophene rings is 1. The smallest absolute Gasteiger partial charge is 0.270 e. The molecule has 0 saturated heterocycles. The Bertz CT molecular complexity index is 732. The molecule has 0 aliphatic heterocycles. The first kappa shape index (κ1) is 17.2. The average Bonchev–Trinajstić information content (AvgIpc) is 2.96. The van der Waals surface area contributed by atoms with Crippen LogP contribution in [0.4, 0.5) is 5.69 Å². The molecule has 2 aromatic rings. The third-order valence-corrected chi connectivity index (χ3v) is 4.48. The van der Waals surface area contributed by atoms with Crippen LogP contribution in [0, 0.1) is 10.1 Å². The van der Waals surface area contributed by atoms with Crippen molar-refractivity contribution in [1.82, 2.24) is 4.90 Å². The summed E-state index contributed by atoms with van der Waals surface area (Å²) in [4.78, 5) is 25.7. The minimum atomic E-state index is -0.536. The number of hydrogen-bond donors (Lipinski definition) is 0. The Kier molecular flexibility index (Phi) is 5.57. The molecule has 1 amide bonds. The van der Waals surface area contributed by atoms with Crippen LogP contribution in [0.1, 0.15) is 22.2 Å². The third kappa shape index (κ3) is 4.00. The van der Waals surface area contributed by atoms with Crippen molar-refractivity contribution >= 4 is 34.5 Å². The lowest BCUT2D eigenvalue weighted by Crippen LogP contribution is -2.30. The number of methoxy groups -OCH3 is 1. The molecule has 0 N–H and O–H groups in total. The minimum absolute atomic E-state index is 0.149. The molecule has 1 aromatic heterocycles. The summed E-state index contributed by atoms with van der Waals surface area (Å²) in [6.45, 7) is 2.69. The summed E-state index contributed by atoms with van der Waals surface area (Å²) in [7, 11) is 1.42. The summed E-state index contributed by atoms with van der Waals surface area (Å²) in [6.07, 6.45) is 0. The summed E-state index contributed by atoms with van der Waals surface area (Å²) in [5.74, 6) is -0.0131. The fourth-order valence-electron chi connectivity index (χ4n) is 2.10. The number of nitro benzene ring substituents is 1. The van der Waals surface area contributed by atoms with Gasteiger partial charge in [0.15, 0.2) is 0 Å². The van der Waals surface area contributed by atoms with Crippen LogP contribution in [0.2, 0.25) is 4.34 Å². The topological polar surface area (TPSA) is 72.7 Å². The van der Waals surface area contributed by atoms with Crippen LogP contribution in [0.5, 0.6) is 5.75 Å². The molecule has 0 spiro atoms. The zero-order valence-corrected chi connectivity index (χ0v) is 14.2. The van der Waals surface area contributed by atoms with Crippen molar-refractivity contribution in [2.75, 3.05) is 13.7 Å². The van der Waals surface area contributed by atoms with E-state index in [9.17, 15) is 14.9 Å². The Morgan fingerprint density at radius 1 is 1.39 bits per heavy atom. The first-order chi connectivity index (χ1) is 11.0. The number of carbonyl (C=O) groups is 1. The lowest BCUT2D eigenvalue weighted by atomic mass is 10.1. The van der Waals surface area contributed by atoms with Crippen LogP contribution in [0.3, 0.4) is 0 Å². The molecule has 1 aromatic carbocycles. The Morgan fingerprint density at radius 2 is 2.13 bits per heavy atom. The minimum Gasteiger partial charge on any atom is -0.496 e. The first-order valence-corrected chi connectivity index (χ1v) is 8.01. The van der Waals surface area contributed by atoms with E-state index < -0.39 is 4.92 Å². The molecular formula is C15H15ClN2O4S. The number of non-ortho nitro benzene ring substituents is 1. The van der Waals surface area contributed by atoms with Gasteiger partial charge in [-0.1, -0.05) is 11.6 Å². The molecule has 0 aliphatic carbocycles. The number of hydrogen-bond acceptors (Lipinski definition) is 5. The fourth-order valence-corrected chi connectivity index (χ4v) is 3.20. The molecule has 0 radical (unpaired) electrons. The molecule has 1 heterocycles. The lowest BCUT2D eigenvalue weighted by molar-refractivity contribution is -0.384. The van der Waals surface area contributed by atoms with Crippen LogP contribution >= 0.6 is 22.9 Å². The fraction of sp³-hybridized carbons (Fsp3) is 0.267. The summed E-state index contributed by atoms with van der Waals surface area (Å²) < 4.78 is 5.81. The standard InChI is InChI=1S/C15H15ClN2O4S/c1-3-17(9-11-5-7-14(16)23-11)15(19)12-8-10(18(20)21)4-6-13(12)22-2/h4-8H,3,9H2,1-2H3. The number of halogens is 1. The molecule has 2 rings (SSSR count). The number of nitro groups is 1. The molecule has 122 valence electrons. The van der Waals surface area contributed by atoms with Crippen molar-refractivity contribution in [1.29, 1.82) is 0 Å². The van der Waals surface area contributed by atoms with Crippen LogP contribution in [-0.2, 0) is 6.54 Å². The number of amides is 1. The van der Waals surface area contributed by atoms with Gasteiger partial charge in [0.25, 0.3) is 11.6 Å². The second-order valence-electron chi connectivity index (χ2n) is 4.67. The van der Waals surface area contributed by atoms with Gasteiger partial charge >= 0.3 is 0 Å². The van der Waals surface area contributed by atoms with Crippen LogP contribution < -0.4 is 4.74 Å². The summed E-state index contributed by atoms with van der Waals surface area (Å²) in [5, 5.41) is 10.9. The van der Waals surface area contributed by atoms with E-state index in [1.165, 1.54) is 36.6 Å². The SMILES string of the molecule is CCN(Cc1ccc(Cl)s1)C(=O)c1cc([N+](=O)[O-])ccc1OC.